The van der Waals surface area contributed by atoms with Gasteiger partial charge in [0, 0.05) is 95.9 Å². The van der Waals surface area contributed by atoms with Crippen LogP contribution in [-0.2, 0) is 27.8 Å². The minimum atomic E-state index is -0.716. The van der Waals surface area contributed by atoms with Gasteiger partial charge in [-0.15, -0.1) is 0 Å². The normalized spacial score (nSPS) is 23.7. The largest absolute Gasteiger partial charge is 0.508 e. The molecule has 18 nitrogen and oxygen atoms in total. The quantitative estimate of drug-likeness (QED) is 0.116. The molecule has 2 unspecified atom stereocenters. The maximum Gasteiger partial charge on any atom is 0.409 e. The van der Waals surface area contributed by atoms with E-state index in [0.717, 1.165) is 115 Å². The number of benzene rings is 3. The molecule has 0 bridgehead atoms. The molecule has 12 rings (SSSR count). The van der Waals surface area contributed by atoms with E-state index >= 15 is 8.78 Å². The van der Waals surface area contributed by atoms with Crippen molar-refractivity contribution in [2.45, 2.75) is 102 Å². The van der Waals surface area contributed by atoms with Gasteiger partial charge in [-0.1, -0.05) is 19.9 Å². The number of rotatable bonds is 12. The molecule has 6 saturated heterocycles. The predicted octanol–water partition coefficient (Wildman–Crippen LogP) is 7.31. The number of aryl methyl sites for hydroxylation is 2. The van der Waals surface area contributed by atoms with Gasteiger partial charge in [-0.3, -0.25) is 38.8 Å². The van der Waals surface area contributed by atoms with Gasteiger partial charge < -0.3 is 29.3 Å². The fourth-order valence-electron chi connectivity index (χ4n) is 13.8. The number of fused-ring (bicyclic) bond motifs is 4. The van der Waals surface area contributed by atoms with Crippen LogP contribution in [0.3, 0.4) is 0 Å². The number of aromatic nitrogens is 5. The van der Waals surface area contributed by atoms with E-state index in [2.05, 4.69) is 36.8 Å². The number of ether oxygens (including phenoxy) is 2. The number of hydrogen-bond acceptors (Lipinski definition) is 14. The number of carbonyl (C=O) groups excluding carboxylic acids is 3. The van der Waals surface area contributed by atoms with Crippen molar-refractivity contribution in [1.29, 1.82) is 0 Å². The number of phenolic OH excluding ortho intramolecular Hbond substituents is 1. The van der Waals surface area contributed by atoms with Crippen molar-refractivity contribution < 1.29 is 37.7 Å². The zero-order valence-corrected chi connectivity index (χ0v) is 44.8. The van der Waals surface area contributed by atoms with Crippen LogP contribution >= 0.6 is 0 Å². The first-order valence-corrected chi connectivity index (χ1v) is 28.1. The Labute approximate surface area is 451 Å². The highest BCUT2D eigenvalue weighted by Gasteiger charge is 2.50. The van der Waals surface area contributed by atoms with Gasteiger partial charge in [0.1, 0.15) is 47.9 Å². The van der Waals surface area contributed by atoms with E-state index < -0.39 is 23.6 Å². The highest BCUT2D eigenvalue weighted by molar-refractivity contribution is 6.02. The Balaban J connectivity index is 0.659. The van der Waals surface area contributed by atoms with Gasteiger partial charge in [0.15, 0.2) is 5.82 Å². The summed E-state index contributed by atoms with van der Waals surface area (Å²) in [4.78, 5) is 77.0. The first-order chi connectivity index (χ1) is 37.7. The fraction of sp³-hybridized carbons (Fsp3) is 0.534. The molecular formula is C58H69F2N11O7. The Kier molecular flexibility index (Phi) is 14.0. The van der Waals surface area contributed by atoms with Gasteiger partial charge in [-0.05, 0) is 135 Å². The van der Waals surface area contributed by atoms with Crippen LogP contribution in [0.4, 0.5) is 25.1 Å². The highest BCUT2D eigenvalue weighted by atomic mass is 19.1. The van der Waals surface area contributed by atoms with E-state index in [1.165, 1.54) is 16.7 Å². The Morgan fingerprint density at radius 1 is 0.885 bits per heavy atom. The summed E-state index contributed by atoms with van der Waals surface area (Å²) in [6.45, 7) is 12.4. The molecule has 6 aliphatic rings. The second-order valence-electron chi connectivity index (χ2n) is 22.8. The average Bonchev–Trinajstić information content (AvgIpc) is 4.27. The van der Waals surface area contributed by atoms with Crippen molar-refractivity contribution in [2.75, 3.05) is 88.5 Å². The molecule has 78 heavy (non-hydrogen) atoms. The van der Waals surface area contributed by atoms with Crippen LogP contribution in [0.1, 0.15) is 89.7 Å². The third-order valence-corrected chi connectivity index (χ3v) is 18.0. The lowest BCUT2D eigenvalue weighted by molar-refractivity contribution is -0.135. The molecule has 20 heteroatoms. The summed E-state index contributed by atoms with van der Waals surface area (Å²) >= 11 is 0. The number of phenols is 1. The van der Waals surface area contributed by atoms with Gasteiger partial charge in [-0.25, -0.2) is 18.4 Å². The van der Waals surface area contributed by atoms with Crippen LogP contribution in [0.2, 0.25) is 0 Å². The minimum absolute atomic E-state index is 0.0314. The van der Waals surface area contributed by atoms with Crippen molar-refractivity contribution >= 4 is 62.1 Å². The van der Waals surface area contributed by atoms with Crippen LogP contribution in [0.5, 0.6) is 11.8 Å². The number of amides is 3. The monoisotopic (exact) mass is 1070 g/mol. The van der Waals surface area contributed by atoms with Crippen LogP contribution < -0.4 is 25.5 Å². The number of piperidine rings is 3. The molecule has 6 fully saturated rings. The van der Waals surface area contributed by atoms with Gasteiger partial charge in [0.05, 0.1) is 22.0 Å². The number of halogens is 2. The molecule has 0 aliphatic carbocycles. The molecule has 9 heterocycles. The number of nitrogens with zero attached hydrogens (tertiary/aromatic N) is 10. The van der Waals surface area contributed by atoms with Crippen LogP contribution in [0.15, 0.2) is 53.5 Å². The summed E-state index contributed by atoms with van der Waals surface area (Å²) in [7, 11) is 1.72. The summed E-state index contributed by atoms with van der Waals surface area (Å²) in [6.07, 6.45) is 9.79. The van der Waals surface area contributed by atoms with Gasteiger partial charge >= 0.3 is 17.8 Å². The summed E-state index contributed by atoms with van der Waals surface area (Å²) in [5.41, 5.74) is 2.59. The van der Waals surface area contributed by atoms with Gasteiger partial charge in [0.25, 0.3) is 0 Å². The number of anilines is 2. The molecule has 3 aromatic heterocycles. The SMILES string of the molecule is CCc1c(F)ccc2cc(O)cc(-c3ncc4c(N5CCC[C@H](C)C5)nc(OCC56CCCN5[C@@H](COC(=O)N5CCN(CC7CCN(c8ccc9c(c8)n(C)c(=O)n9C8CCC(=O)NC8=O)CC7)CC5)CC6)nc4c3F)c12. The second kappa shape index (κ2) is 21.0. The fourth-order valence-corrected chi connectivity index (χ4v) is 13.8. The lowest BCUT2D eigenvalue weighted by Gasteiger charge is -2.39. The van der Waals surface area contributed by atoms with Crippen LogP contribution in [0.25, 0.3) is 44.0 Å². The number of carbonyl (C=O) groups is 3. The zero-order valence-electron chi connectivity index (χ0n) is 44.8. The first kappa shape index (κ1) is 51.8. The number of aromatic hydroxyl groups is 1. The number of imide groups is 1. The lowest BCUT2D eigenvalue weighted by atomic mass is 9.94. The molecule has 412 valence electrons. The van der Waals surface area contributed by atoms with E-state index in [-0.39, 0.29) is 77.4 Å². The maximum absolute atomic E-state index is 17.2. The maximum atomic E-state index is 17.2. The molecule has 3 aromatic carbocycles. The van der Waals surface area contributed by atoms with Crippen LogP contribution in [0, 0.1) is 23.5 Å². The summed E-state index contributed by atoms with van der Waals surface area (Å²) < 4.78 is 48.2. The van der Waals surface area contributed by atoms with Crippen molar-refractivity contribution in [3.63, 3.8) is 0 Å². The van der Waals surface area contributed by atoms with E-state index in [0.29, 0.717) is 70.8 Å². The second-order valence-corrected chi connectivity index (χ2v) is 22.8. The summed E-state index contributed by atoms with van der Waals surface area (Å²) in [5.74, 6) is -0.456. The van der Waals surface area contributed by atoms with Gasteiger partial charge in [0.2, 0.25) is 11.8 Å². The van der Waals surface area contributed by atoms with Crippen molar-refractivity contribution in [2.24, 2.45) is 18.9 Å². The third kappa shape index (κ3) is 9.55. The molecule has 0 spiro atoms. The molecule has 3 amide bonds. The first-order valence-electron chi connectivity index (χ1n) is 28.1. The molecule has 0 radical (unpaired) electrons. The standard InChI is InChI=1S/C58H69F2N11O7/c1-4-41-44(59)10-8-37-27-40(72)29-42(49(37)41)51-50(60)52-43(30-61-51)53(69-19-5-7-35(2)31-69)64-55(63-52)78-34-58-17-6-20-70(58)39(14-18-58)33-77-57(76)68-25-23-66(24-26-68)32-36-15-21-67(22-16-36)38-9-11-45-47(28-38)65(3)56(75)71(45)46-12-13-48(73)62-54(46)74/h8-11,27-30,35-36,39,46,72H,4-7,12-26,31-34H2,1-3H3,(H,62,73,74)/t35-,39+,46?,58?/m0/s1. The van der Waals surface area contributed by atoms with Crippen molar-refractivity contribution in [3.05, 3.63) is 76.3 Å². The molecule has 6 aromatic rings. The number of nitrogens with one attached hydrogen (secondary N) is 1. The van der Waals surface area contributed by atoms with E-state index in [4.69, 9.17) is 19.4 Å². The third-order valence-electron chi connectivity index (χ3n) is 18.0. The Morgan fingerprint density at radius 3 is 2.49 bits per heavy atom. The number of hydrogen-bond donors (Lipinski definition) is 2. The van der Waals surface area contributed by atoms with E-state index in [1.807, 2.05) is 30.0 Å². The Morgan fingerprint density at radius 2 is 1.71 bits per heavy atom. The number of pyridine rings is 1. The van der Waals surface area contributed by atoms with Crippen molar-refractivity contribution in [1.82, 2.24) is 44.1 Å². The van der Waals surface area contributed by atoms with Crippen LogP contribution in [-0.4, -0.2) is 152 Å². The summed E-state index contributed by atoms with van der Waals surface area (Å²) in [5, 5.41) is 14.7. The number of piperazine rings is 1. The highest BCUT2D eigenvalue weighted by Crippen LogP contribution is 2.44. The Bertz CT molecular complexity index is 3390. The topological polar surface area (TPSA) is 184 Å². The summed E-state index contributed by atoms with van der Waals surface area (Å²) in [6, 6.07) is 11.3. The molecule has 2 N–H and O–H groups in total. The minimum Gasteiger partial charge on any atom is -0.508 e. The predicted molar refractivity (Wildman–Crippen MR) is 292 cm³/mol. The van der Waals surface area contributed by atoms with Gasteiger partial charge in [-0.2, -0.15) is 9.97 Å². The van der Waals surface area contributed by atoms with E-state index in [9.17, 15) is 24.3 Å². The van der Waals surface area contributed by atoms with E-state index in [1.54, 1.807) is 29.9 Å². The zero-order chi connectivity index (χ0) is 54.0. The molecular weight excluding hydrogens is 1000 g/mol. The van der Waals surface area contributed by atoms with Crippen molar-refractivity contribution in [3.8, 4) is 23.0 Å². The smallest absolute Gasteiger partial charge is 0.409 e. The molecule has 0 saturated carbocycles. The number of imidazole rings is 1. The average molecular weight is 1070 g/mol. The molecule has 6 aliphatic heterocycles. The Hall–Kier alpha value is -6.93. The molecule has 4 atom stereocenters. The lowest BCUT2D eigenvalue weighted by Crippen LogP contribution is -2.51.